The van der Waals surface area contributed by atoms with Crippen molar-refractivity contribution in [2.45, 2.75) is 64.6 Å². The predicted octanol–water partition coefficient (Wildman–Crippen LogP) is 3.75. The number of rotatable bonds is 11. The van der Waals surface area contributed by atoms with Crippen LogP contribution < -0.4 is 21.1 Å². The molecule has 0 amide bonds. The molecular weight excluding hydrogens is 524 g/mol. The number of piperidine rings is 1. The van der Waals surface area contributed by atoms with Crippen LogP contribution in [0.2, 0.25) is 0 Å². The summed E-state index contributed by atoms with van der Waals surface area (Å²) in [7, 11) is 2.97. The minimum Gasteiger partial charge on any atom is -0.489 e. The van der Waals surface area contributed by atoms with Crippen LogP contribution in [0, 0.1) is 11.6 Å². The maximum absolute atomic E-state index is 15.2. The quantitative estimate of drug-likeness (QED) is 0.355. The molecule has 1 fully saturated rings. The van der Waals surface area contributed by atoms with Gasteiger partial charge in [-0.2, -0.15) is 14.3 Å². The summed E-state index contributed by atoms with van der Waals surface area (Å²) in [5.41, 5.74) is -0.517. The Labute approximate surface area is 234 Å². The van der Waals surface area contributed by atoms with Gasteiger partial charge in [-0.05, 0) is 63.1 Å². The Morgan fingerprint density at radius 1 is 1.25 bits per heavy atom. The van der Waals surface area contributed by atoms with Crippen LogP contribution >= 0.6 is 0 Å². The molecule has 0 spiro atoms. The lowest BCUT2D eigenvalue weighted by molar-refractivity contribution is 0.0708. The molecular formula is C26H41F2N9O3. The zero-order chi connectivity index (χ0) is 29.0. The average Bonchev–Trinajstić information content (AvgIpc) is 3.24. The summed E-state index contributed by atoms with van der Waals surface area (Å²) in [6.07, 6.45) is 3.47. The largest absolute Gasteiger partial charge is 0.489 e. The SMILES string of the molecule is CCCN1CC[C@@H](Nc2nc(Nc3cc(-n4nnn(C)c4=O)c(OC[C@H](C)OC)cc3F)ncc2F)CC1(C)C.[HH].[HH]. The Hall–Kier alpha value is -3.65. The summed E-state index contributed by atoms with van der Waals surface area (Å²) in [6, 6.07) is 2.47. The van der Waals surface area contributed by atoms with E-state index in [2.05, 4.69) is 56.7 Å². The second-order valence-electron chi connectivity index (χ2n) is 10.6. The molecule has 222 valence electrons. The van der Waals surface area contributed by atoms with Gasteiger partial charge in [0.05, 0.1) is 18.0 Å². The van der Waals surface area contributed by atoms with Crippen molar-refractivity contribution >= 4 is 17.5 Å². The Bertz CT molecular complexity index is 1390. The van der Waals surface area contributed by atoms with Crippen molar-refractivity contribution in [3.63, 3.8) is 0 Å². The second-order valence-corrected chi connectivity index (χ2v) is 10.6. The Kier molecular flexibility index (Phi) is 8.98. The van der Waals surface area contributed by atoms with Crippen molar-refractivity contribution in [1.29, 1.82) is 0 Å². The smallest absolute Gasteiger partial charge is 0.368 e. The van der Waals surface area contributed by atoms with Crippen LogP contribution in [0.25, 0.3) is 5.69 Å². The van der Waals surface area contributed by atoms with Gasteiger partial charge >= 0.3 is 5.69 Å². The highest BCUT2D eigenvalue weighted by Gasteiger charge is 2.34. The molecule has 12 nitrogen and oxygen atoms in total. The number of halogens is 2. The van der Waals surface area contributed by atoms with Gasteiger partial charge in [0, 0.05) is 41.2 Å². The van der Waals surface area contributed by atoms with E-state index in [-0.39, 0.29) is 56.0 Å². The fraction of sp³-hybridized carbons (Fsp3) is 0.577. The molecule has 0 bridgehead atoms. The molecule has 2 N–H and O–H groups in total. The van der Waals surface area contributed by atoms with Gasteiger partial charge in [0.1, 0.15) is 18.0 Å². The van der Waals surface area contributed by atoms with Gasteiger partial charge in [-0.25, -0.2) is 18.6 Å². The molecule has 3 heterocycles. The lowest BCUT2D eigenvalue weighted by Crippen LogP contribution is -2.53. The Morgan fingerprint density at radius 2 is 2.02 bits per heavy atom. The lowest BCUT2D eigenvalue weighted by Gasteiger charge is -2.46. The average molecular weight is 566 g/mol. The van der Waals surface area contributed by atoms with Crippen molar-refractivity contribution in [3.8, 4) is 11.4 Å². The number of nitrogens with one attached hydrogen (secondary N) is 2. The summed E-state index contributed by atoms with van der Waals surface area (Å²) in [5, 5.41) is 13.6. The van der Waals surface area contributed by atoms with Gasteiger partial charge in [0.2, 0.25) is 5.95 Å². The van der Waals surface area contributed by atoms with Crippen molar-refractivity contribution in [2.24, 2.45) is 7.05 Å². The molecule has 14 heteroatoms. The number of anilines is 3. The van der Waals surface area contributed by atoms with Gasteiger partial charge < -0.3 is 20.1 Å². The first-order valence-corrected chi connectivity index (χ1v) is 13.3. The van der Waals surface area contributed by atoms with E-state index in [9.17, 15) is 9.18 Å². The summed E-state index contributed by atoms with van der Waals surface area (Å²) in [6.45, 7) is 10.3. The van der Waals surface area contributed by atoms with E-state index < -0.39 is 17.3 Å². The Balaban J connectivity index is 0.00000308. The molecule has 1 aromatic carbocycles. The third-order valence-corrected chi connectivity index (χ3v) is 7.05. The number of benzene rings is 1. The second kappa shape index (κ2) is 12.3. The topological polar surface area (TPSA) is 124 Å². The van der Waals surface area contributed by atoms with Crippen molar-refractivity contribution in [3.05, 3.63) is 40.4 Å². The van der Waals surface area contributed by atoms with Gasteiger partial charge in [-0.1, -0.05) is 6.92 Å². The number of aryl methyl sites for hydroxylation is 1. The van der Waals surface area contributed by atoms with E-state index in [1.165, 1.54) is 20.2 Å². The first-order valence-electron chi connectivity index (χ1n) is 13.3. The van der Waals surface area contributed by atoms with Gasteiger partial charge in [-0.15, -0.1) is 0 Å². The highest BCUT2D eigenvalue weighted by molar-refractivity contribution is 5.63. The summed E-state index contributed by atoms with van der Waals surface area (Å²) >= 11 is 0. The molecule has 0 saturated carbocycles. The number of hydrogen-bond donors (Lipinski definition) is 2. The predicted molar refractivity (Wildman–Crippen MR) is 151 cm³/mol. The van der Waals surface area contributed by atoms with E-state index in [4.69, 9.17) is 9.47 Å². The monoisotopic (exact) mass is 565 g/mol. The molecule has 2 atom stereocenters. The number of aromatic nitrogens is 6. The zero-order valence-corrected chi connectivity index (χ0v) is 23.7. The molecule has 2 aromatic heterocycles. The third-order valence-electron chi connectivity index (χ3n) is 7.05. The first kappa shape index (κ1) is 29.3. The first-order chi connectivity index (χ1) is 19.0. The molecule has 0 radical (unpaired) electrons. The van der Waals surface area contributed by atoms with Crippen LogP contribution in [-0.4, -0.2) is 79.1 Å². The third kappa shape index (κ3) is 6.55. The normalized spacial score (nSPS) is 17.9. The fourth-order valence-electron chi connectivity index (χ4n) is 4.76. The minimum atomic E-state index is -0.701. The van der Waals surface area contributed by atoms with Crippen molar-refractivity contribution in [2.75, 3.05) is 37.4 Å². The van der Waals surface area contributed by atoms with E-state index in [0.717, 1.165) is 54.0 Å². The van der Waals surface area contributed by atoms with Crippen LogP contribution in [-0.2, 0) is 11.8 Å². The van der Waals surface area contributed by atoms with Crippen LogP contribution in [0.5, 0.6) is 5.75 Å². The van der Waals surface area contributed by atoms with E-state index >= 15 is 4.39 Å². The van der Waals surface area contributed by atoms with E-state index in [1.54, 1.807) is 6.92 Å². The number of likely N-dealkylation sites (tertiary alicyclic amines) is 1. The molecule has 1 aliphatic rings. The Morgan fingerprint density at radius 3 is 2.67 bits per heavy atom. The summed E-state index contributed by atoms with van der Waals surface area (Å²) < 4.78 is 42.9. The standard InChI is InChI=1S/C26H37F2N9O3.2H2/c1-7-9-36-10-8-17(13-26(36,3)4)30-23-19(28)14-29-24(32-23)31-20-12-21(37-25(38)35(5)33-34-37)22(11-18(20)27)40-15-16(2)39-6;;/h11-12,14,16-17H,7-10,13,15H2,1-6H3,(H2,29,30,31,32);2*1H/t16-,17+;;/m0../s1. The summed E-state index contributed by atoms with van der Waals surface area (Å²) in [5.74, 6) is -1.24. The molecule has 1 saturated heterocycles. The van der Waals surface area contributed by atoms with Crippen LogP contribution in [0.1, 0.15) is 49.8 Å². The molecule has 1 aliphatic heterocycles. The maximum Gasteiger partial charge on any atom is 0.368 e. The maximum atomic E-state index is 15.2. The number of nitrogens with zero attached hydrogens (tertiary/aromatic N) is 7. The number of ether oxygens (including phenoxy) is 2. The van der Waals surface area contributed by atoms with E-state index in [1.807, 2.05) is 0 Å². The molecule has 0 unspecified atom stereocenters. The highest BCUT2D eigenvalue weighted by atomic mass is 19.1. The molecule has 40 heavy (non-hydrogen) atoms. The van der Waals surface area contributed by atoms with Crippen molar-refractivity contribution < 1.29 is 21.1 Å². The van der Waals surface area contributed by atoms with Gasteiger partial charge in [0.25, 0.3) is 0 Å². The molecule has 0 aliphatic carbocycles. The van der Waals surface area contributed by atoms with Crippen LogP contribution in [0.4, 0.5) is 26.2 Å². The minimum absolute atomic E-state index is 0. The molecule has 4 rings (SSSR count). The zero-order valence-electron chi connectivity index (χ0n) is 23.7. The fourth-order valence-corrected chi connectivity index (χ4v) is 4.76. The lowest BCUT2D eigenvalue weighted by atomic mass is 9.87. The van der Waals surface area contributed by atoms with Crippen molar-refractivity contribution in [1.82, 2.24) is 34.7 Å². The molecule has 3 aromatic rings. The highest BCUT2D eigenvalue weighted by Crippen LogP contribution is 2.32. The van der Waals surface area contributed by atoms with E-state index in [0.29, 0.717) is 0 Å². The number of methoxy groups -OCH3 is 1. The van der Waals surface area contributed by atoms with Gasteiger partial charge in [0.15, 0.2) is 17.5 Å². The van der Waals surface area contributed by atoms with Gasteiger partial charge in [-0.3, -0.25) is 4.90 Å². The number of tetrazole rings is 1. The summed E-state index contributed by atoms with van der Waals surface area (Å²) in [4.78, 5) is 23.3. The van der Waals surface area contributed by atoms with Crippen LogP contribution in [0.15, 0.2) is 23.1 Å². The van der Waals surface area contributed by atoms with Crippen LogP contribution in [0.3, 0.4) is 0 Å². The number of hydrogen-bond acceptors (Lipinski definition) is 10.